The number of rotatable bonds is 3. The van der Waals surface area contributed by atoms with Crippen molar-refractivity contribution >= 4 is 23.8 Å². The summed E-state index contributed by atoms with van der Waals surface area (Å²) in [7, 11) is 0. The van der Waals surface area contributed by atoms with Gasteiger partial charge in [0.2, 0.25) is 11.8 Å². The second-order valence-electron chi connectivity index (χ2n) is 7.50. The molecule has 3 fully saturated rings. The number of urea groups is 1. The molecule has 0 aromatic heterocycles. The lowest BCUT2D eigenvalue weighted by molar-refractivity contribution is -0.141. The van der Waals surface area contributed by atoms with Crippen molar-refractivity contribution < 1.29 is 19.2 Å². The molecule has 5 amide bonds. The number of carbonyl (C=O) groups excluding carboxylic acids is 4. The Hall–Kier alpha value is -2.12. The normalized spacial score (nSPS) is 30.7. The highest BCUT2D eigenvalue weighted by atomic mass is 16.2. The largest absolute Gasteiger partial charge is 0.369 e. The number of nitrogens with zero attached hydrogens (tertiary/aromatic N) is 2. The Kier molecular flexibility index (Phi) is 4.71. The van der Waals surface area contributed by atoms with Crippen molar-refractivity contribution in [1.29, 1.82) is 0 Å². The molecule has 2 atom stereocenters. The van der Waals surface area contributed by atoms with E-state index in [1.807, 2.05) is 6.92 Å². The van der Waals surface area contributed by atoms with Gasteiger partial charge in [-0.3, -0.25) is 19.3 Å². The van der Waals surface area contributed by atoms with Gasteiger partial charge in [-0.05, 0) is 31.6 Å². The number of hydrogen-bond donors (Lipinski definition) is 2. The molecule has 0 aromatic rings. The third kappa shape index (κ3) is 3.09. The second-order valence-corrected chi connectivity index (χ2v) is 7.50. The number of piperidine rings is 1. The molecule has 3 N–H and O–H groups in total. The lowest BCUT2D eigenvalue weighted by Gasteiger charge is -2.37. The van der Waals surface area contributed by atoms with E-state index in [1.54, 1.807) is 4.90 Å². The number of nitrogens with one attached hydrogen (secondary N) is 1. The van der Waals surface area contributed by atoms with Crippen molar-refractivity contribution in [3.05, 3.63) is 0 Å². The van der Waals surface area contributed by atoms with Crippen LogP contribution in [0.3, 0.4) is 0 Å². The smallest absolute Gasteiger partial charge is 0.325 e. The summed E-state index contributed by atoms with van der Waals surface area (Å²) in [5.41, 5.74) is 4.46. The predicted octanol–water partition coefficient (Wildman–Crippen LogP) is 0.211. The molecule has 0 aromatic carbocycles. The molecule has 3 rings (SSSR count). The maximum Gasteiger partial charge on any atom is 0.325 e. The predicted molar refractivity (Wildman–Crippen MR) is 89.1 cm³/mol. The average molecular weight is 350 g/mol. The van der Waals surface area contributed by atoms with Crippen LogP contribution in [0.4, 0.5) is 4.79 Å². The highest BCUT2D eigenvalue weighted by molar-refractivity contribution is 6.09. The van der Waals surface area contributed by atoms with Crippen LogP contribution in [-0.2, 0) is 14.4 Å². The number of primary amides is 1. The zero-order chi connectivity index (χ0) is 18.2. The number of likely N-dealkylation sites (tertiary alicyclic amines) is 1. The zero-order valence-corrected chi connectivity index (χ0v) is 14.6. The Labute approximate surface area is 147 Å². The minimum absolute atomic E-state index is 0.0733. The molecule has 2 aliphatic heterocycles. The van der Waals surface area contributed by atoms with Crippen LogP contribution in [0.1, 0.15) is 45.4 Å². The maximum absolute atomic E-state index is 12.9. The van der Waals surface area contributed by atoms with Crippen molar-refractivity contribution in [2.45, 2.75) is 51.0 Å². The van der Waals surface area contributed by atoms with Gasteiger partial charge in [0.25, 0.3) is 5.91 Å². The SMILES string of the molecule is C[C@@H]1CCCC[C@]12NC(=O)N(CC(=O)N1CCC(C(N)=O)CC1)C2=O. The fourth-order valence-corrected chi connectivity index (χ4v) is 4.29. The van der Waals surface area contributed by atoms with Crippen LogP contribution < -0.4 is 11.1 Å². The van der Waals surface area contributed by atoms with E-state index in [2.05, 4.69) is 5.32 Å². The molecule has 2 saturated heterocycles. The molecule has 2 heterocycles. The van der Waals surface area contributed by atoms with Gasteiger partial charge in [0.05, 0.1) is 0 Å². The molecule has 0 unspecified atom stereocenters. The molecule has 138 valence electrons. The first-order chi connectivity index (χ1) is 11.8. The van der Waals surface area contributed by atoms with Crippen molar-refractivity contribution in [1.82, 2.24) is 15.1 Å². The lowest BCUT2D eigenvalue weighted by Crippen LogP contribution is -2.54. The highest BCUT2D eigenvalue weighted by Gasteiger charge is 2.55. The second kappa shape index (κ2) is 6.65. The summed E-state index contributed by atoms with van der Waals surface area (Å²) in [6, 6.07) is -0.473. The van der Waals surface area contributed by atoms with Gasteiger partial charge in [-0.15, -0.1) is 0 Å². The summed E-state index contributed by atoms with van der Waals surface area (Å²) in [6.07, 6.45) is 4.55. The third-order valence-corrected chi connectivity index (χ3v) is 6.04. The Morgan fingerprint density at radius 1 is 1.20 bits per heavy atom. The molecule has 25 heavy (non-hydrogen) atoms. The minimum atomic E-state index is -0.839. The van der Waals surface area contributed by atoms with E-state index in [0.717, 1.165) is 24.2 Å². The average Bonchev–Trinajstić information content (AvgIpc) is 2.82. The Morgan fingerprint density at radius 3 is 2.48 bits per heavy atom. The fraction of sp³-hybridized carbons (Fsp3) is 0.765. The molecule has 1 spiro atoms. The van der Waals surface area contributed by atoms with Gasteiger partial charge < -0.3 is 16.0 Å². The lowest BCUT2D eigenvalue weighted by atomic mass is 9.73. The van der Waals surface area contributed by atoms with Crippen molar-refractivity contribution in [2.24, 2.45) is 17.6 Å². The van der Waals surface area contributed by atoms with Crippen molar-refractivity contribution in [3.8, 4) is 0 Å². The van der Waals surface area contributed by atoms with Gasteiger partial charge in [-0.1, -0.05) is 19.8 Å². The van der Waals surface area contributed by atoms with Gasteiger partial charge in [-0.2, -0.15) is 0 Å². The van der Waals surface area contributed by atoms with Gasteiger partial charge in [-0.25, -0.2) is 4.79 Å². The van der Waals surface area contributed by atoms with Crippen molar-refractivity contribution in [3.63, 3.8) is 0 Å². The molecule has 3 aliphatic rings. The zero-order valence-electron chi connectivity index (χ0n) is 14.6. The molecule has 1 aliphatic carbocycles. The summed E-state index contributed by atoms with van der Waals surface area (Å²) in [5, 5.41) is 2.85. The highest BCUT2D eigenvalue weighted by Crippen LogP contribution is 2.38. The Bertz CT molecular complexity index is 599. The molecule has 1 saturated carbocycles. The molecule has 0 bridgehead atoms. The number of hydrogen-bond acceptors (Lipinski definition) is 4. The maximum atomic E-state index is 12.9. The molecular formula is C17H26N4O4. The standard InChI is InChI=1S/C17H26N4O4/c1-11-4-2-3-7-17(11)15(24)21(16(25)19-17)10-13(22)20-8-5-12(6-9-20)14(18)23/h11-12H,2-10H2,1H3,(H2,18,23)(H,19,25)/t11-,17+/m1/s1. The summed E-state index contributed by atoms with van der Waals surface area (Å²) >= 11 is 0. The van der Waals surface area contributed by atoms with E-state index in [0.29, 0.717) is 32.4 Å². The van der Waals surface area contributed by atoms with Gasteiger partial charge in [0, 0.05) is 19.0 Å². The van der Waals surface area contributed by atoms with Crippen LogP contribution in [0.2, 0.25) is 0 Å². The monoisotopic (exact) mass is 350 g/mol. The van der Waals surface area contributed by atoms with Gasteiger partial charge >= 0.3 is 6.03 Å². The van der Waals surface area contributed by atoms with Crippen LogP contribution >= 0.6 is 0 Å². The number of nitrogens with two attached hydrogens (primary N) is 1. The molecule has 8 heteroatoms. The quantitative estimate of drug-likeness (QED) is 0.708. The van der Waals surface area contributed by atoms with E-state index >= 15 is 0 Å². The Balaban J connectivity index is 1.63. The Morgan fingerprint density at radius 2 is 1.88 bits per heavy atom. The van der Waals surface area contributed by atoms with Crippen LogP contribution in [0, 0.1) is 11.8 Å². The van der Waals surface area contributed by atoms with E-state index in [1.165, 1.54) is 0 Å². The van der Waals surface area contributed by atoms with Crippen LogP contribution in [0.5, 0.6) is 0 Å². The van der Waals surface area contributed by atoms with E-state index < -0.39 is 11.6 Å². The summed E-state index contributed by atoms with van der Waals surface area (Å²) in [6.45, 7) is 2.60. The van der Waals surface area contributed by atoms with Crippen molar-refractivity contribution in [2.75, 3.05) is 19.6 Å². The number of imide groups is 1. The van der Waals surface area contributed by atoms with Gasteiger partial charge in [0.1, 0.15) is 12.1 Å². The first kappa shape index (κ1) is 17.7. The fourth-order valence-electron chi connectivity index (χ4n) is 4.29. The summed E-state index contributed by atoms with van der Waals surface area (Å²) < 4.78 is 0. The first-order valence-electron chi connectivity index (χ1n) is 9.06. The summed E-state index contributed by atoms with van der Waals surface area (Å²) in [5.74, 6) is -0.998. The molecule has 0 radical (unpaired) electrons. The first-order valence-corrected chi connectivity index (χ1v) is 9.06. The van der Waals surface area contributed by atoms with E-state index in [9.17, 15) is 19.2 Å². The number of carbonyl (C=O) groups is 4. The van der Waals surface area contributed by atoms with Gasteiger partial charge in [0.15, 0.2) is 0 Å². The van der Waals surface area contributed by atoms with Crippen LogP contribution in [-0.4, -0.2) is 58.7 Å². The molecular weight excluding hydrogens is 324 g/mol. The summed E-state index contributed by atoms with van der Waals surface area (Å²) in [4.78, 5) is 51.6. The van der Waals surface area contributed by atoms with Crippen LogP contribution in [0.25, 0.3) is 0 Å². The molecule has 8 nitrogen and oxygen atoms in total. The van der Waals surface area contributed by atoms with E-state index in [-0.39, 0.29) is 36.1 Å². The topological polar surface area (TPSA) is 113 Å². The van der Waals surface area contributed by atoms with Crippen LogP contribution in [0.15, 0.2) is 0 Å². The minimum Gasteiger partial charge on any atom is -0.369 e. The number of amides is 5. The van der Waals surface area contributed by atoms with E-state index in [4.69, 9.17) is 5.73 Å². The third-order valence-electron chi connectivity index (χ3n) is 6.04.